The Hall–Kier alpha value is -1.95. The predicted molar refractivity (Wildman–Crippen MR) is 76.3 cm³/mol. The summed E-state index contributed by atoms with van der Waals surface area (Å²) in [6, 6.07) is 3.41. The number of aromatic carboxylic acids is 1. The topological polar surface area (TPSA) is 73.7 Å². The first-order valence-electron chi connectivity index (χ1n) is 7.38. The zero-order valence-corrected chi connectivity index (χ0v) is 11.9. The summed E-state index contributed by atoms with van der Waals surface area (Å²) in [5.74, 6) is -1.13. The molecule has 112 valence electrons. The fraction of sp³-hybridized carbons (Fsp3) is 0.533. The number of carboxylic acids is 1. The van der Waals surface area contributed by atoms with Gasteiger partial charge in [-0.25, -0.2) is 9.78 Å². The molecule has 3 rings (SSSR count). The molecule has 1 aromatic rings. The van der Waals surface area contributed by atoms with Crippen molar-refractivity contribution in [2.24, 2.45) is 0 Å². The number of nitrogens with zero attached hydrogens (tertiary/aromatic N) is 3. The number of carbonyl (C=O) groups excluding carboxylic acids is 1. The van der Waals surface area contributed by atoms with E-state index in [-0.39, 0.29) is 11.6 Å². The highest BCUT2D eigenvalue weighted by Crippen LogP contribution is 2.22. The van der Waals surface area contributed by atoms with E-state index in [4.69, 9.17) is 5.11 Å². The van der Waals surface area contributed by atoms with Crippen molar-refractivity contribution < 1.29 is 14.7 Å². The summed E-state index contributed by atoms with van der Waals surface area (Å²) in [7, 11) is 0. The van der Waals surface area contributed by atoms with Gasteiger partial charge >= 0.3 is 5.97 Å². The van der Waals surface area contributed by atoms with Gasteiger partial charge in [0.05, 0.1) is 5.56 Å². The van der Waals surface area contributed by atoms with Gasteiger partial charge in [0.15, 0.2) is 0 Å². The van der Waals surface area contributed by atoms with Crippen LogP contribution in [0.5, 0.6) is 0 Å². The number of hydrogen-bond acceptors (Lipinski definition) is 4. The van der Waals surface area contributed by atoms with Crippen molar-refractivity contribution in [3.05, 3.63) is 29.6 Å². The first kappa shape index (κ1) is 14.0. The molecule has 21 heavy (non-hydrogen) atoms. The molecule has 6 heteroatoms. The summed E-state index contributed by atoms with van der Waals surface area (Å²) < 4.78 is 0. The molecule has 2 aliphatic heterocycles. The van der Waals surface area contributed by atoms with Gasteiger partial charge in [-0.3, -0.25) is 9.69 Å². The number of amides is 1. The lowest BCUT2D eigenvalue weighted by molar-refractivity contribution is 0.0686. The fourth-order valence-electron chi connectivity index (χ4n) is 3.22. The number of carboxylic acid groups (broad SMARTS) is 1. The first-order chi connectivity index (χ1) is 10.1. The summed E-state index contributed by atoms with van der Waals surface area (Å²) in [6.07, 6.45) is 4.72. The smallest absolute Gasteiger partial charge is 0.354 e. The highest BCUT2D eigenvalue weighted by molar-refractivity contribution is 5.95. The average molecular weight is 289 g/mol. The first-order valence-corrected chi connectivity index (χ1v) is 7.38. The van der Waals surface area contributed by atoms with Crippen LogP contribution in [-0.2, 0) is 0 Å². The van der Waals surface area contributed by atoms with Crippen molar-refractivity contribution in [2.45, 2.75) is 25.3 Å². The van der Waals surface area contributed by atoms with E-state index < -0.39 is 5.97 Å². The van der Waals surface area contributed by atoms with Crippen molar-refractivity contribution in [3.8, 4) is 0 Å². The second-order valence-electron chi connectivity index (χ2n) is 5.67. The van der Waals surface area contributed by atoms with Gasteiger partial charge in [-0.2, -0.15) is 0 Å². The molecule has 1 amide bonds. The van der Waals surface area contributed by atoms with Crippen LogP contribution >= 0.6 is 0 Å². The van der Waals surface area contributed by atoms with Crippen molar-refractivity contribution in [1.82, 2.24) is 14.8 Å². The Morgan fingerprint density at radius 1 is 1.19 bits per heavy atom. The highest BCUT2D eigenvalue weighted by Gasteiger charge is 2.30. The number of rotatable bonds is 2. The van der Waals surface area contributed by atoms with Gasteiger partial charge in [0.1, 0.15) is 5.69 Å². The maximum Gasteiger partial charge on any atom is 0.354 e. The largest absolute Gasteiger partial charge is 0.477 e. The summed E-state index contributed by atoms with van der Waals surface area (Å²) in [5.41, 5.74) is 0.427. The van der Waals surface area contributed by atoms with E-state index in [2.05, 4.69) is 9.88 Å². The molecule has 1 atom stereocenters. The van der Waals surface area contributed by atoms with E-state index in [1.807, 2.05) is 4.90 Å². The third-order valence-corrected chi connectivity index (χ3v) is 4.32. The third-order valence-electron chi connectivity index (χ3n) is 4.32. The average Bonchev–Trinajstić information content (AvgIpc) is 2.83. The Morgan fingerprint density at radius 2 is 2.00 bits per heavy atom. The molecule has 0 spiro atoms. The lowest BCUT2D eigenvalue weighted by Crippen LogP contribution is -2.39. The molecule has 0 aliphatic carbocycles. The van der Waals surface area contributed by atoms with Crippen molar-refractivity contribution in [1.29, 1.82) is 0 Å². The van der Waals surface area contributed by atoms with Crippen LogP contribution in [-0.4, -0.2) is 64.0 Å². The van der Waals surface area contributed by atoms with Crippen LogP contribution in [0.4, 0.5) is 0 Å². The predicted octanol–water partition coefficient (Wildman–Crippen LogP) is 1.09. The quantitative estimate of drug-likeness (QED) is 0.882. The number of aromatic nitrogens is 1. The van der Waals surface area contributed by atoms with Gasteiger partial charge in [-0.1, -0.05) is 0 Å². The van der Waals surface area contributed by atoms with Gasteiger partial charge in [0.25, 0.3) is 5.91 Å². The maximum atomic E-state index is 12.5. The number of hydrogen-bond donors (Lipinski definition) is 1. The van der Waals surface area contributed by atoms with Crippen LogP contribution < -0.4 is 0 Å². The third kappa shape index (κ3) is 2.90. The van der Waals surface area contributed by atoms with E-state index in [0.29, 0.717) is 11.6 Å². The molecule has 3 heterocycles. The summed E-state index contributed by atoms with van der Waals surface area (Å²) in [5, 5.41) is 8.84. The number of pyridine rings is 1. The minimum atomic E-state index is -1.08. The zero-order valence-electron chi connectivity index (χ0n) is 11.9. The molecule has 2 saturated heterocycles. The fourth-order valence-corrected chi connectivity index (χ4v) is 3.22. The SMILES string of the molecule is O=C(O)c1ccc(C(=O)N2CCCN3CCCC3C2)cn1. The summed E-state index contributed by atoms with van der Waals surface area (Å²) >= 11 is 0. The van der Waals surface area contributed by atoms with E-state index in [1.54, 1.807) is 6.07 Å². The highest BCUT2D eigenvalue weighted by atomic mass is 16.4. The Kier molecular flexibility index (Phi) is 3.88. The number of fused-ring (bicyclic) bond motifs is 1. The zero-order chi connectivity index (χ0) is 14.8. The molecule has 2 fully saturated rings. The van der Waals surface area contributed by atoms with Gasteiger partial charge in [-0.05, 0) is 37.9 Å². The van der Waals surface area contributed by atoms with E-state index in [0.717, 1.165) is 39.0 Å². The standard InChI is InChI=1S/C15H19N3O3/c19-14(11-4-5-13(15(20)21)16-9-11)18-8-2-7-17-6-1-3-12(17)10-18/h4-5,9,12H,1-3,6-8,10H2,(H,20,21). The summed E-state index contributed by atoms with van der Waals surface area (Å²) in [6.45, 7) is 3.72. The molecule has 0 radical (unpaired) electrons. The molecular formula is C15H19N3O3. The second-order valence-corrected chi connectivity index (χ2v) is 5.67. The van der Waals surface area contributed by atoms with Gasteiger partial charge in [-0.15, -0.1) is 0 Å². The Labute approximate surface area is 123 Å². The Bertz CT molecular complexity index is 544. The van der Waals surface area contributed by atoms with Crippen LogP contribution in [0.3, 0.4) is 0 Å². The Morgan fingerprint density at radius 3 is 2.71 bits per heavy atom. The molecule has 1 aromatic heterocycles. The van der Waals surface area contributed by atoms with Crippen LogP contribution in [0.25, 0.3) is 0 Å². The lowest BCUT2D eigenvalue weighted by Gasteiger charge is -2.25. The van der Waals surface area contributed by atoms with Crippen molar-refractivity contribution in [2.75, 3.05) is 26.2 Å². The van der Waals surface area contributed by atoms with E-state index in [9.17, 15) is 9.59 Å². The lowest BCUT2D eigenvalue weighted by atomic mass is 10.2. The van der Waals surface area contributed by atoms with Gasteiger partial charge < -0.3 is 10.0 Å². The summed E-state index contributed by atoms with van der Waals surface area (Å²) in [4.78, 5) is 31.5. The molecule has 1 unspecified atom stereocenters. The molecule has 0 aromatic carbocycles. The minimum absolute atomic E-state index is 0.0376. The Balaban J connectivity index is 1.73. The number of carbonyl (C=O) groups is 2. The van der Waals surface area contributed by atoms with Crippen molar-refractivity contribution in [3.63, 3.8) is 0 Å². The maximum absolute atomic E-state index is 12.5. The molecular weight excluding hydrogens is 270 g/mol. The minimum Gasteiger partial charge on any atom is -0.477 e. The van der Waals surface area contributed by atoms with Gasteiger partial charge in [0, 0.05) is 31.9 Å². The molecule has 2 aliphatic rings. The van der Waals surface area contributed by atoms with E-state index in [1.165, 1.54) is 18.7 Å². The van der Waals surface area contributed by atoms with Crippen LogP contribution in [0.1, 0.15) is 40.1 Å². The van der Waals surface area contributed by atoms with Crippen LogP contribution in [0.15, 0.2) is 18.3 Å². The van der Waals surface area contributed by atoms with Crippen LogP contribution in [0, 0.1) is 0 Å². The van der Waals surface area contributed by atoms with Crippen LogP contribution in [0.2, 0.25) is 0 Å². The molecule has 6 nitrogen and oxygen atoms in total. The van der Waals surface area contributed by atoms with Gasteiger partial charge in [0.2, 0.25) is 0 Å². The molecule has 0 saturated carbocycles. The van der Waals surface area contributed by atoms with Crippen molar-refractivity contribution >= 4 is 11.9 Å². The van der Waals surface area contributed by atoms with E-state index >= 15 is 0 Å². The molecule has 0 bridgehead atoms. The monoisotopic (exact) mass is 289 g/mol. The molecule has 1 N–H and O–H groups in total. The normalized spacial score (nSPS) is 22.7. The second kappa shape index (κ2) is 5.81.